The summed E-state index contributed by atoms with van der Waals surface area (Å²) >= 11 is 0. The molecule has 0 bridgehead atoms. The van der Waals surface area contributed by atoms with Crippen LogP contribution in [0.5, 0.6) is 0 Å². The highest BCUT2D eigenvalue weighted by molar-refractivity contribution is 4.62. The van der Waals surface area contributed by atoms with Gasteiger partial charge in [-0.15, -0.1) is 0 Å². The molecule has 0 rings (SSSR count). The number of aliphatic hydroxyl groups excluding tert-OH is 2. The first-order valence-electron chi connectivity index (χ1n) is 5.23. The van der Waals surface area contributed by atoms with Gasteiger partial charge in [-0.05, 0) is 12.3 Å². The van der Waals surface area contributed by atoms with Crippen molar-refractivity contribution < 1.29 is 14.9 Å². The molecule has 0 aliphatic rings. The van der Waals surface area contributed by atoms with E-state index >= 15 is 0 Å². The summed E-state index contributed by atoms with van der Waals surface area (Å²) in [6.45, 7) is 6.32. The highest BCUT2D eigenvalue weighted by atomic mass is 16.5. The summed E-state index contributed by atoms with van der Waals surface area (Å²) in [5, 5.41) is 20.5. The van der Waals surface area contributed by atoms with Gasteiger partial charge in [-0.2, -0.15) is 0 Å². The van der Waals surface area contributed by atoms with Gasteiger partial charge in [0, 0.05) is 13.2 Å². The monoisotopic (exact) mass is 205 g/mol. The molecule has 0 unspecified atom stereocenters. The maximum atomic E-state index is 8.74. The van der Waals surface area contributed by atoms with Crippen LogP contribution in [0.3, 0.4) is 0 Å². The fourth-order valence-corrected chi connectivity index (χ4v) is 0.943. The highest BCUT2D eigenvalue weighted by Gasteiger charge is 2.02. The summed E-state index contributed by atoms with van der Waals surface area (Å²) in [5.41, 5.74) is 0. The largest absolute Gasteiger partial charge is 0.395 e. The zero-order valence-electron chi connectivity index (χ0n) is 9.20. The quantitative estimate of drug-likeness (QED) is 0.463. The third-order valence-corrected chi connectivity index (χ3v) is 1.96. The third kappa shape index (κ3) is 8.44. The first-order valence-corrected chi connectivity index (χ1v) is 5.23. The van der Waals surface area contributed by atoms with E-state index in [1.807, 2.05) is 0 Å². The molecule has 0 amide bonds. The van der Waals surface area contributed by atoms with Crippen molar-refractivity contribution in [1.82, 2.24) is 5.32 Å². The summed E-state index contributed by atoms with van der Waals surface area (Å²) in [4.78, 5) is 0. The SMILES string of the molecule is CC(C)CCOCCNC(CO)CO. The topological polar surface area (TPSA) is 61.7 Å². The zero-order valence-corrected chi connectivity index (χ0v) is 9.20. The number of hydrogen-bond acceptors (Lipinski definition) is 4. The Morgan fingerprint density at radius 3 is 2.29 bits per heavy atom. The Labute approximate surface area is 86.3 Å². The molecule has 0 aliphatic heterocycles. The Morgan fingerprint density at radius 2 is 1.79 bits per heavy atom. The molecule has 0 saturated heterocycles. The predicted molar refractivity (Wildman–Crippen MR) is 56.2 cm³/mol. The molecule has 0 radical (unpaired) electrons. The molecule has 0 atom stereocenters. The lowest BCUT2D eigenvalue weighted by Crippen LogP contribution is -2.37. The molecule has 4 heteroatoms. The van der Waals surface area contributed by atoms with Crippen LogP contribution in [0.1, 0.15) is 20.3 Å². The molecule has 0 aromatic heterocycles. The highest BCUT2D eigenvalue weighted by Crippen LogP contribution is 1.98. The molecule has 0 saturated carbocycles. The van der Waals surface area contributed by atoms with E-state index < -0.39 is 0 Å². The molecule has 0 aromatic carbocycles. The molecule has 0 aliphatic carbocycles. The Balaban J connectivity index is 3.12. The van der Waals surface area contributed by atoms with Gasteiger partial charge in [0.25, 0.3) is 0 Å². The van der Waals surface area contributed by atoms with Crippen LogP contribution in [0.15, 0.2) is 0 Å². The minimum absolute atomic E-state index is 0.0392. The van der Waals surface area contributed by atoms with Crippen molar-refractivity contribution in [3.63, 3.8) is 0 Å². The lowest BCUT2D eigenvalue weighted by Gasteiger charge is -2.13. The summed E-state index contributed by atoms with van der Waals surface area (Å²) in [5.74, 6) is 0.672. The smallest absolute Gasteiger partial charge is 0.0607 e. The van der Waals surface area contributed by atoms with E-state index in [2.05, 4.69) is 19.2 Å². The van der Waals surface area contributed by atoms with Crippen molar-refractivity contribution in [2.24, 2.45) is 5.92 Å². The van der Waals surface area contributed by atoms with Crippen LogP contribution in [-0.4, -0.2) is 49.2 Å². The van der Waals surface area contributed by atoms with Gasteiger partial charge < -0.3 is 20.3 Å². The second kappa shape index (κ2) is 9.40. The predicted octanol–water partition coefficient (Wildman–Crippen LogP) is -0.00810. The number of aliphatic hydroxyl groups is 2. The Morgan fingerprint density at radius 1 is 1.14 bits per heavy atom. The third-order valence-electron chi connectivity index (χ3n) is 1.96. The first kappa shape index (κ1) is 13.8. The summed E-state index contributed by atoms with van der Waals surface area (Å²) < 4.78 is 5.36. The van der Waals surface area contributed by atoms with Crippen LogP contribution in [0.2, 0.25) is 0 Å². The molecular weight excluding hydrogens is 182 g/mol. The summed E-state index contributed by atoms with van der Waals surface area (Å²) in [6.07, 6.45) is 1.07. The van der Waals surface area contributed by atoms with Gasteiger partial charge in [0.2, 0.25) is 0 Å². The van der Waals surface area contributed by atoms with E-state index in [0.717, 1.165) is 13.0 Å². The Kier molecular flexibility index (Phi) is 9.29. The molecule has 3 N–H and O–H groups in total. The maximum Gasteiger partial charge on any atom is 0.0607 e. The normalized spacial score (nSPS) is 11.6. The molecule has 4 nitrogen and oxygen atoms in total. The number of hydrogen-bond donors (Lipinski definition) is 3. The van der Waals surface area contributed by atoms with Gasteiger partial charge in [0.15, 0.2) is 0 Å². The van der Waals surface area contributed by atoms with Gasteiger partial charge in [-0.1, -0.05) is 13.8 Å². The van der Waals surface area contributed by atoms with Crippen LogP contribution in [-0.2, 0) is 4.74 Å². The minimum atomic E-state index is -0.219. The van der Waals surface area contributed by atoms with Gasteiger partial charge in [0.1, 0.15) is 0 Å². The van der Waals surface area contributed by atoms with Crippen LogP contribution in [0, 0.1) is 5.92 Å². The van der Waals surface area contributed by atoms with Crippen LogP contribution >= 0.6 is 0 Å². The molecule has 0 heterocycles. The fourth-order valence-electron chi connectivity index (χ4n) is 0.943. The van der Waals surface area contributed by atoms with Crippen molar-refractivity contribution >= 4 is 0 Å². The zero-order chi connectivity index (χ0) is 10.8. The molecule has 86 valence electrons. The van der Waals surface area contributed by atoms with Crippen molar-refractivity contribution in [1.29, 1.82) is 0 Å². The van der Waals surface area contributed by atoms with E-state index in [1.165, 1.54) is 0 Å². The second-order valence-corrected chi connectivity index (χ2v) is 3.81. The molecule has 0 spiro atoms. The average molecular weight is 205 g/mol. The van der Waals surface area contributed by atoms with Crippen LogP contribution < -0.4 is 5.32 Å². The lowest BCUT2D eigenvalue weighted by atomic mass is 10.1. The first-order chi connectivity index (χ1) is 6.70. The van der Waals surface area contributed by atoms with Crippen molar-refractivity contribution in [2.45, 2.75) is 26.3 Å². The number of rotatable bonds is 9. The Bertz CT molecular complexity index is 116. The standard InChI is InChI=1S/C10H23NO3/c1-9(2)3-5-14-6-4-11-10(7-12)8-13/h9-13H,3-8H2,1-2H3. The van der Waals surface area contributed by atoms with Gasteiger partial charge in [-0.3, -0.25) is 0 Å². The number of nitrogens with one attached hydrogen (secondary N) is 1. The summed E-state index contributed by atoms with van der Waals surface area (Å²) in [7, 11) is 0. The van der Waals surface area contributed by atoms with Gasteiger partial charge in [0.05, 0.1) is 25.9 Å². The van der Waals surface area contributed by atoms with E-state index in [9.17, 15) is 0 Å². The maximum absolute atomic E-state index is 8.74. The Hall–Kier alpha value is -0.160. The summed E-state index contributed by atoms with van der Waals surface area (Å²) in [6, 6.07) is -0.219. The van der Waals surface area contributed by atoms with Crippen molar-refractivity contribution in [3.8, 4) is 0 Å². The van der Waals surface area contributed by atoms with Gasteiger partial charge in [-0.25, -0.2) is 0 Å². The van der Waals surface area contributed by atoms with E-state index in [-0.39, 0.29) is 19.3 Å². The van der Waals surface area contributed by atoms with Crippen LogP contribution in [0.25, 0.3) is 0 Å². The van der Waals surface area contributed by atoms with E-state index in [0.29, 0.717) is 19.1 Å². The van der Waals surface area contributed by atoms with E-state index in [4.69, 9.17) is 14.9 Å². The lowest BCUT2D eigenvalue weighted by molar-refractivity contribution is 0.113. The minimum Gasteiger partial charge on any atom is -0.395 e. The molecule has 0 aromatic rings. The second-order valence-electron chi connectivity index (χ2n) is 3.81. The fraction of sp³-hybridized carbons (Fsp3) is 1.00. The average Bonchev–Trinajstić information content (AvgIpc) is 2.16. The van der Waals surface area contributed by atoms with Crippen molar-refractivity contribution in [2.75, 3.05) is 33.0 Å². The van der Waals surface area contributed by atoms with Crippen LogP contribution in [0.4, 0.5) is 0 Å². The van der Waals surface area contributed by atoms with Gasteiger partial charge >= 0.3 is 0 Å². The molecule has 0 fully saturated rings. The molecule has 14 heavy (non-hydrogen) atoms. The number of ether oxygens (including phenoxy) is 1. The molecular formula is C10H23NO3. The van der Waals surface area contributed by atoms with Crippen molar-refractivity contribution in [3.05, 3.63) is 0 Å². The van der Waals surface area contributed by atoms with E-state index in [1.54, 1.807) is 0 Å².